The summed E-state index contributed by atoms with van der Waals surface area (Å²) < 4.78 is 0. The summed E-state index contributed by atoms with van der Waals surface area (Å²) in [6.07, 6.45) is 3.86. The minimum absolute atomic E-state index is 0.369. The Balaban J connectivity index is 3.80. The van der Waals surface area contributed by atoms with Crippen molar-refractivity contribution in [1.82, 2.24) is 4.90 Å². The molecule has 0 spiro atoms. The van der Waals surface area contributed by atoms with E-state index in [2.05, 4.69) is 46.6 Å². The fraction of sp³-hybridized carbons (Fsp3) is 1.00. The summed E-state index contributed by atoms with van der Waals surface area (Å²) in [7, 11) is 2.24. The molecule has 1 nitrogen and oxygen atoms in total. The molecule has 0 bridgehead atoms. The van der Waals surface area contributed by atoms with E-state index in [1.54, 1.807) is 0 Å². The SMILES string of the molecule is CCC(C)CCN(C)C(C)(C)CC. The number of nitrogens with zero attached hydrogens (tertiary/aromatic N) is 1. The summed E-state index contributed by atoms with van der Waals surface area (Å²) in [5, 5.41) is 0. The standard InChI is InChI=1S/C12H27N/c1-7-11(3)9-10-13(6)12(4,5)8-2/h11H,7-10H2,1-6H3. The van der Waals surface area contributed by atoms with Gasteiger partial charge < -0.3 is 4.90 Å². The van der Waals surface area contributed by atoms with Gasteiger partial charge in [-0.3, -0.25) is 0 Å². The highest BCUT2D eigenvalue weighted by Crippen LogP contribution is 2.18. The van der Waals surface area contributed by atoms with Crippen LogP contribution in [-0.4, -0.2) is 24.0 Å². The fourth-order valence-electron chi connectivity index (χ4n) is 1.19. The van der Waals surface area contributed by atoms with Crippen LogP contribution in [0.3, 0.4) is 0 Å². The van der Waals surface area contributed by atoms with E-state index < -0.39 is 0 Å². The molecule has 0 saturated heterocycles. The van der Waals surface area contributed by atoms with E-state index >= 15 is 0 Å². The first-order valence-electron chi connectivity index (χ1n) is 5.65. The molecule has 0 aliphatic rings. The Bertz CT molecular complexity index is 129. The Labute approximate surface area is 84.5 Å². The van der Waals surface area contributed by atoms with Gasteiger partial charge in [-0.1, -0.05) is 27.2 Å². The second-order valence-electron chi connectivity index (χ2n) is 4.89. The van der Waals surface area contributed by atoms with Crippen molar-refractivity contribution in [3.8, 4) is 0 Å². The molecule has 0 radical (unpaired) electrons. The Morgan fingerprint density at radius 3 is 2.15 bits per heavy atom. The maximum absolute atomic E-state index is 2.49. The van der Waals surface area contributed by atoms with Gasteiger partial charge in [0.2, 0.25) is 0 Å². The maximum atomic E-state index is 2.49. The lowest BCUT2D eigenvalue weighted by atomic mass is 9.98. The fourth-order valence-corrected chi connectivity index (χ4v) is 1.19. The Hall–Kier alpha value is -0.0400. The molecule has 0 aliphatic heterocycles. The van der Waals surface area contributed by atoms with Crippen LogP contribution in [-0.2, 0) is 0 Å². The van der Waals surface area contributed by atoms with Crippen molar-refractivity contribution in [1.29, 1.82) is 0 Å². The minimum Gasteiger partial charge on any atom is -0.301 e. The first kappa shape index (κ1) is 13.0. The molecule has 1 heteroatoms. The molecule has 80 valence electrons. The molecule has 0 aromatic carbocycles. The summed E-state index contributed by atoms with van der Waals surface area (Å²) in [5.74, 6) is 0.870. The zero-order valence-corrected chi connectivity index (χ0v) is 10.4. The average molecular weight is 185 g/mol. The van der Waals surface area contributed by atoms with Gasteiger partial charge in [0.05, 0.1) is 0 Å². The van der Waals surface area contributed by atoms with E-state index in [9.17, 15) is 0 Å². The average Bonchev–Trinajstić information content (AvgIpc) is 2.13. The van der Waals surface area contributed by atoms with Crippen LogP contribution in [0.2, 0.25) is 0 Å². The third-order valence-corrected chi connectivity index (χ3v) is 3.55. The number of hydrogen-bond donors (Lipinski definition) is 0. The summed E-state index contributed by atoms with van der Waals surface area (Å²) in [5.41, 5.74) is 0.369. The van der Waals surface area contributed by atoms with Gasteiger partial charge in [-0.15, -0.1) is 0 Å². The van der Waals surface area contributed by atoms with Crippen molar-refractivity contribution in [3.05, 3.63) is 0 Å². The van der Waals surface area contributed by atoms with Gasteiger partial charge in [-0.25, -0.2) is 0 Å². The molecule has 13 heavy (non-hydrogen) atoms. The van der Waals surface area contributed by atoms with E-state index in [0.29, 0.717) is 5.54 Å². The Morgan fingerprint density at radius 1 is 1.23 bits per heavy atom. The largest absolute Gasteiger partial charge is 0.301 e. The summed E-state index contributed by atoms with van der Waals surface area (Å²) in [4.78, 5) is 2.49. The van der Waals surface area contributed by atoms with Crippen LogP contribution in [0.1, 0.15) is 53.9 Å². The van der Waals surface area contributed by atoms with E-state index in [4.69, 9.17) is 0 Å². The van der Waals surface area contributed by atoms with Gasteiger partial charge in [-0.2, -0.15) is 0 Å². The molecule has 0 heterocycles. The first-order chi connectivity index (χ1) is 5.94. The predicted molar refractivity (Wildman–Crippen MR) is 61.1 cm³/mol. The van der Waals surface area contributed by atoms with Crippen molar-refractivity contribution < 1.29 is 0 Å². The van der Waals surface area contributed by atoms with Crippen LogP contribution in [0.25, 0.3) is 0 Å². The van der Waals surface area contributed by atoms with Gasteiger partial charge in [0.15, 0.2) is 0 Å². The third-order valence-electron chi connectivity index (χ3n) is 3.55. The summed E-state index contributed by atoms with van der Waals surface area (Å²) >= 11 is 0. The van der Waals surface area contributed by atoms with Crippen molar-refractivity contribution in [2.45, 2.75) is 59.4 Å². The summed E-state index contributed by atoms with van der Waals surface area (Å²) in [6, 6.07) is 0. The van der Waals surface area contributed by atoms with Crippen molar-refractivity contribution in [2.75, 3.05) is 13.6 Å². The Kier molecular flexibility index (Phi) is 5.62. The molecule has 0 amide bonds. The lowest BCUT2D eigenvalue weighted by Crippen LogP contribution is -2.41. The number of rotatable bonds is 6. The van der Waals surface area contributed by atoms with Gasteiger partial charge >= 0.3 is 0 Å². The quantitative estimate of drug-likeness (QED) is 0.612. The van der Waals surface area contributed by atoms with Gasteiger partial charge in [0.25, 0.3) is 0 Å². The monoisotopic (exact) mass is 185 g/mol. The zero-order valence-electron chi connectivity index (χ0n) is 10.4. The molecule has 1 atom stereocenters. The second kappa shape index (κ2) is 5.64. The minimum atomic E-state index is 0.369. The Morgan fingerprint density at radius 2 is 1.77 bits per heavy atom. The third kappa shape index (κ3) is 4.66. The molecule has 0 aliphatic carbocycles. The van der Waals surface area contributed by atoms with Crippen LogP contribution < -0.4 is 0 Å². The highest BCUT2D eigenvalue weighted by atomic mass is 15.2. The molecule has 1 unspecified atom stereocenters. The number of hydrogen-bond acceptors (Lipinski definition) is 1. The van der Waals surface area contributed by atoms with E-state index in [-0.39, 0.29) is 0 Å². The molecule has 0 aromatic rings. The second-order valence-corrected chi connectivity index (χ2v) is 4.89. The van der Waals surface area contributed by atoms with E-state index in [0.717, 1.165) is 5.92 Å². The van der Waals surface area contributed by atoms with Crippen LogP contribution in [0.15, 0.2) is 0 Å². The highest BCUT2D eigenvalue weighted by Gasteiger charge is 2.20. The van der Waals surface area contributed by atoms with Crippen molar-refractivity contribution in [3.63, 3.8) is 0 Å². The lowest BCUT2D eigenvalue weighted by molar-refractivity contribution is 0.142. The van der Waals surface area contributed by atoms with Gasteiger partial charge in [0, 0.05) is 5.54 Å². The van der Waals surface area contributed by atoms with Crippen LogP contribution in [0, 0.1) is 5.92 Å². The topological polar surface area (TPSA) is 3.24 Å². The molecule has 0 N–H and O–H groups in total. The van der Waals surface area contributed by atoms with E-state index in [1.165, 1.54) is 25.8 Å². The first-order valence-corrected chi connectivity index (χ1v) is 5.65. The zero-order chi connectivity index (χ0) is 10.5. The molecule has 0 rings (SSSR count). The molecule has 0 aromatic heterocycles. The highest BCUT2D eigenvalue weighted by molar-refractivity contribution is 4.77. The molecular formula is C12H27N. The van der Waals surface area contributed by atoms with Crippen LogP contribution in [0.4, 0.5) is 0 Å². The lowest BCUT2D eigenvalue weighted by Gasteiger charge is -2.35. The maximum Gasteiger partial charge on any atom is 0.0147 e. The molecular weight excluding hydrogens is 158 g/mol. The van der Waals surface area contributed by atoms with Crippen LogP contribution in [0.5, 0.6) is 0 Å². The van der Waals surface area contributed by atoms with Gasteiger partial charge in [-0.05, 0) is 46.2 Å². The molecule has 0 saturated carbocycles. The smallest absolute Gasteiger partial charge is 0.0147 e. The molecule has 0 fully saturated rings. The normalized spacial score (nSPS) is 15.0. The van der Waals surface area contributed by atoms with Crippen LogP contribution >= 0.6 is 0 Å². The summed E-state index contributed by atoms with van der Waals surface area (Å²) in [6.45, 7) is 12.8. The van der Waals surface area contributed by atoms with Crippen molar-refractivity contribution in [2.24, 2.45) is 5.92 Å². The van der Waals surface area contributed by atoms with Crippen molar-refractivity contribution >= 4 is 0 Å². The van der Waals surface area contributed by atoms with Gasteiger partial charge in [0.1, 0.15) is 0 Å². The predicted octanol–water partition coefficient (Wildman–Crippen LogP) is 3.54. The van der Waals surface area contributed by atoms with E-state index in [1.807, 2.05) is 0 Å².